The molecule has 0 unspecified atom stereocenters. The molecule has 16 heavy (non-hydrogen) atoms. The number of aromatic amines is 1. The number of rotatable bonds is 1. The summed E-state index contributed by atoms with van der Waals surface area (Å²) >= 11 is 0. The molecule has 6 heteroatoms. The molecule has 0 atom stereocenters. The molecule has 6 nitrogen and oxygen atoms in total. The predicted octanol–water partition coefficient (Wildman–Crippen LogP) is 0.843. The molecule has 0 radical (unpaired) electrons. The minimum absolute atomic E-state index is 0.248. The minimum atomic E-state index is -0.248. The Morgan fingerprint density at radius 1 is 1.31 bits per heavy atom. The second-order valence-electron chi connectivity index (χ2n) is 3.26. The van der Waals surface area contributed by atoms with E-state index in [4.69, 9.17) is 0 Å². The van der Waals surface area contributed by atoms with E-state index in [2.05, 4.69) is 20.4 Å². The summed E-state index contributed by atoms with van der Waals surface area (Å²) in [6, 6.07) is 7.42. The summed E-state index contributed by atoms with van der Waals surface area (Å²) in [5.74, 6) is -0.248. The van der Waals surface area contributed by atoms with E-state index in [9.17, 15) is 4.79 Å². The third kappa shape index (κ3) is 1.20. The normalized spacial score (nSPS) is 10.8. The number of imidazole rings is 1. The maximum atomic E-state index is 12.0. The van der Waals surface area contributed by atoms with Crippen LogP contribution in [0.3, 0.4) is 0 Å². The summed E-state index contributed by atoms with van der Waals surface area (Å²) < 4.78 is 1.45. The lowest BCUT2D eigenvalue weighted by molar-refractivity contribution is 0.0959. The van der Waals surface area contributed by atoms with Gasteiger partial charge in [-0.3, -0.25) is 9.36 Å². The Morgan fingerprint density at radius 3 is 3.00 bits per heavy atom. The van der Waals surface area contributed by atoms with Gasteiger partial charge in [0.25, 0.3) is 5.91 Å². The molecule has 0 aliphatic heterocycles. The largest absolute Gasteiger partial charge is 0.285 e. The van der Waals surface area contributed by atoms with Crippen molar-refractivity contribution in [2.45, 2.75) is 0 Å². The molecule has 0 fully saturated rings. The molecule has 0 saturated heterocycles. The Hall–Kier alpha value is -2.50. The molecule has 2 aromatic heterocycles. The number of nitrogens with one attached hydrogen (secondary N) is 1. The highest BCUT2D eigenvalue weighted by Gasteiger charge is 2.13. The van der Waals surface area contributed by atoms with Gasteiger partial charge in [0.1, 0.15) is 6.33 Å². The fraction of sp³-hybridized carbons (Fsp3) is 0. The van der Waals surface area contributed by atoms with Gasteiger partial charge in [-0.2, -0.15) is 15.4 Å². The first kappa shape index (κ1) is 8.78. The van der Waals surface area contributed by atoms with Crippen molar-refractivity contribution in [1.82, 2.24) is 25.0 Å². The van der Waals surface area contributed by atoms with Gasteiger partial charge in [0.05, 0.1) is 17.2 Å². The van der Waals surface area contributed by atoms with Crippen LogP contribution in [-0.2, 0) is 0 Å². The second kappa shape index (κ2) is 3.27. The monoisotopic (exact) mass is 213 g/mol. The van der Waals surface area contributed by atoms with Crippen molar-refractivity contribution in [2.24, 2.45) is 0 Å². The van der Waals surface area contributed by atoms with Gasteiger partial charge in [0, 0.05) is 0 Å². The first-order valence-electron chi connectivity index (χ1n) is 4.69. The van der Waals surface area contributed by atoms with Crippen LogP contribution in [0.25, 0.3) is 11.0 Å². The Bertz CT molecular complexity index is 640. The van der Waals surface area contributed by atoms with Gasteiger partial charge in [0.15, 0.2) is 5.69 Å². The van der Waals surface area contributed by atoms with Crippen LogP contribution in [0.2, 0.25) is 0 Å². The van der Waals surface area contributed by atoms with Gasteiger partial charge in [0.2, 0.25) is 0 Å². The molecular formula is C10H7N5O. The number of carbonyl (C=O) groups excluding carboxylic acids is 1. The number of para-hydroxylation sites is 2. The molecule has 3 aromatic rings. The second-order valence-corrected chi connectivity index (χ2v) is 3.26. The average Bonchev–Trinajstić information content (AvgIpc) is 2.98. The van der Waals surface area contributed by atoms with Crippen molar-refractivity contribution in [2.75, 3.05) is 0 Å². The number of benzene rings is 1. The SMILES string of the molecule is O=C(c1cn[nH]n1)n1cnc2ccccc21. The molecule has 0 bridgehead atoms. The topological polar surface area (TPSA) is 76.5 Å². The highest BCUT2D eigenvalue weighted by molar-refractivity contribution is 5.99. The fourth-order valence-electron chi connectivity index (χ4n) is 1.55. The van der Waals surface area contributed by atoms with Crippen LogP contribution in [0.4, 0.5) is 0 Å². The van der Waals surface area contributed by atoms with Gasteiger partial charge in [-0.1, -0.05) is 12.1 Å². The lowest BCUT2D eigenvalue weighted by Crippen LogP contribution is -2.11. The van der Waals surface area contributed by atoms with Crippen LogP contribution in [0, 0.1) is 0 Å². The summed E-state index contributed by atoms with van der Waals surface area (Å²) in [6.07, 6.45) is 2.87. The van der Waals surface area contributed by atoms with Crippen LogP contribution in [0.1, 0.15) is 10.5 Å². The summed E-state index contributed by atoms with van der Waals surface area (Å²) in [6.45, 7) is 0. The molecule has 0 amide bonds. The van der Waals surface area contributed by atoms with Gasteiger partial charge in [-0.05, 0) is 12.1 Å². The van der Waals surface area contributed by atoms with E-state index < -0.39 is 0 Å². The number of nitrogens with zero attached hydrogens (tertiary/aromatic N) is 4. The van der Waals surface area contributed by atoms with Crippen molar-refractivity contribution in [3.63, 3.8) is 0 Å². The van der Waals surface area contributed by atoms with Crippen LogP contribution in [-0.4, -0.2) is 30.9 Å². The van der Waals surface area contributed by atoms with Crippen LogP contribution >= 0.6 is 0 Å². The first-order chi connectivity index (χ1) is 7.86. The van der Waals surface area contributed by atoms with E-state index in [-0.39, 0.29) is 11.6 Å². The summed E-state index contributed by atoms with van der Waals surface area (Å²) in [7, 11) is 0. The number of H-pyrrole nitrogens is 1. The van der Waals surface area contributed by atoms with Crippen LogP contribution in [0.5, 0.6) is 0 Å². The Kier molecular flexibility index (Phi) is 1.79. The fourth-order valence-corrected chi connectivity index (χ4v) is 1.55. The molecule has 1 aromatic carbocycles. The van der Waals surface area contributed by atoms with E-state index in [1.54, 1.807) is 0 Å². The van der Waals surface area contributed by atoms with E-state index >= 15 is 0 Å². The van der Waals surface area contributed by atoms with Crippen LogP contribution in [0.15, 0.2) is 36.8 Å². The lowest BCUT2D eigenvalue weighted by atomic mass is 10.3. The number of hydrogen-bond acceptors (Lipinski definition) is 4. The standard InChI is InChI=1S/C10H7N5O/c16-10(8-5-12-14-13-8)15-6-11-7-3-1-2-4-9(7)15/h1-6H,(H,12,13,14). The molecule has 3 rings (SSSR count). The van der Waals surface area contributed by atoms with Crippen molar-refractivity contribution < 1.29 is 4.79 Å². The zero-order valence-electron chi connectivity index (χ0n) is 8.16. The zero-order valence-corrected chi connectivity index (χ0v) is 8.16. The molecule has 78 valence electrons. The van der Waals surface area contributed by atoms with Crippen LogP contribution < -0.4 is 0 Å². The van der Waals surface area contributed by atoms with Crippen molar-refractivity contribution in [3.8, 4) is 0 Å². The summed E-state index contributed by atoms with van der Waals surface area (Å²) in [5.41, 5.74) is 1.80. The van der Waals surface area contributed by atoms with Crippen molar-refractivity contribution in [1.29, 1.82) is 0 Å². The van der Waals surface area contributed by atoms with Crippen molar-refractivity contribution >= 4 is 16.9 Å². The van der Waals surface area contributed by atoms with E-state index in [0.29, 0.717) is 0 Å². The van der Waals surface area contributed by atoms with Gasteiger partial charge >= 0.3 is 0 Å². The van der Waals surface area contributed by atoms with E-state index in [1.807, 2.05) is 24.3 Å². The van der Waals surface area contributed by atoms with Gasteiger partial charge in [-0.25, -0.2) is 4.98 Å². The predicted molar refractivity (Wildman–Crippen MR) is 55.8 cm³/mol. The molecule has 0 saturated carbocycles. The number of fused-ring (bicyclic) bond motifs is 1. The number of aromatic nitrogens is 5. The third-order valence-corrected chi connectivity index (χ3v) is 2.31. The van der Waals surface area contributed by atoms with Gasteiger partial charge in [-0.15, -0.1) is 0 Å². The summed E-state index contributed by atoms with van der Waals surface area (Å²) in [5, 5.41) is 9.75. The zero-order chi connectivity index (χ0) is 11.0. The molecule has 0 aliphatic rings. The molecule has 0 spiro atoms. The smallest absolute Gasteiger partial charge is 0.266 e. The lowest BCUT2D eigenvalue weighted by Gasteiger charge is -1.98. The molecule has 2 heterocycles. The summed E-state index contributed by atoms with van der Waals surface area (Å²) in [4.78, 5) is 16.1. The number of hydrogen-bond donors (Lipinski definition) is 1. The van der Waals surface area contributed by atoms with Crippen molar-refractivity contribution in [3.05, 3.63) is 42.5 Å². The number of carbonyl (C=O) groups is 1. The molecule has 0 aliphatic carbocycles. The Labute approximate surface area is 89.9 Å². The quantitative estimate of drug-likeness (QED) is 0.649. The van der Waals surface area contributed by atoms with E-state index in [1.165, 1.54) is 17.1 Å². The Balaban J connectivity index is 2.16. The Morgan fingerprint density at radius 2 is 2.19 bits per heavy atom. The minimum Gasteiger partial charge on any atom is -0.266 e. The van der Waals surface area contributed by atoms with Gasteiger partial charge < -0.3 is 0 Å². The maximum absolute atomic E-state index is 12.0. The molecule has 1 N–H and O–H groups in total. The first-order valence-corrected chi connectivity index (χ1v) is 4.69. The van der Waals surface area contributed by atoms with E-state index in [0.717, 1.165) is 11.0 Å². The maximum Gasteiger partial charge on any atom is 0.285 e. The molecular weight excluding hydrogens is 206 g/mol. The highest BCUT2D eigenvalue weighted by atomic mass is 16.2. The average molecular weight is 213 g/mol. The third-order valence-electron chi connectivity index (χ3n) is 2.31. The highest BCUT2D eigenvalue weighted by Crippen LogP contribution is 2.12.